The van der Waals surface area contributed by atoms with Crippen molar-refractivity contribution in [3.8, 4) is 34.2 Å². The van der Waals surface area contributed by atoms with Gasteiger partial charge in [0.05, 0.1) is 22.7 Å². The fraction of sp³-hybridized carbons (Fsp3) is 0.122. The van der Waals surface area contributed by atoms with E-state index in [1.54, 1.807) is 11.3 Å². The molecule has 5 nitrogen and oxygen atoms in total. The number of rotatable bonds is 5. The van der Waals surface area contributed by atoms with Gasteiger partial charge in [0.15, 0.2) is 17.5 Å². The van der Waals surface area contributed by atoms with Crippen LogP contribution in [0.4, 0.5) is 34.1 Å². The Morgan fingerprint density at radius 2 is 0.709 bits per heavy atom. The highest BCUT2D eigenvalue weighted by molar-refractivity contribution is 7.08. The molecule has 0 saturated carbocycles. The molecule has 10 rings (SSSR count). The summed E-state index contributed by atoms with van der Waals surface area (Å²) < 4.78 is 0. The summed E-state index contributed by atoms with van der Waals surface area (Å²) >= 11 is 1.64. The molecule has 0 N–H and O–H groups in total. The predicted molar refractivity (Wildman–Crippen MR) is 228 cm³/mol. The number of para-hydroxylation sites is 4. The minimum atomic E-state index is -0.110. The van der Waals surface area contributed by atoms with Crippen molar-refractivity contribution in [2.75, 3.05) is 9.80 Å². The van der Waals surface area contributed by atoms with Crippen LogP contribution in [0, 0.1) is 0 Å². The summed E-state index contributed by atoms with van der Waals surface area (Å²) in [5, 5.41) is 4.15. The molecule has 2 aromatic heterocycles. The largest absolute Gasteiger partial charge is 0.310 e. The molecule has 0 unspecified atom stereocenters. The summed E-state index contributed by atoms with van der Waals surface area (Å²) in [5.41, 5.74) is 14.8. The number of benzene rings is 6. The molecule has 0 saturated heterocycles. The average Bonchev–Trinajstić information content (AvgIpc) is 3.77. The van der Waals surface area contributed by atoms with E-state index in [1.165, 1.54) is 45.0 Å². The average molecular weight is 730 g/mol. The van der Waals surface area contributed by atoms with Crippen LogP contribution >= 0.6 is 11.3 Å². The van der Waals surface area contributed by atoms with Gasteiger partial charge in [-0.15, -0.1) is 0 Å². The zero-order valence-corrected chi connectivity index (χ0v) is 32.0. The topological polar surface area (TPSA) is 45.2 Å². The second-order valence-corrected chi connectivity index (χ2v) is 16.2. The van der Waals surface area contributed by atoms with Gasteiger partial charge in [0.25, 0.3) is 0 Å². The zero-order valence-electron chi connectivity index (χ0n) is 31.2. The van der Waals surface area contributed by atoms with Gasteiger partial charge in [-0.05, 0) is 106 Å². The maximum absolute atomic E-state index is 5.10. The molecule has 0 aliphatic carbocycles. The Morgan fingerprint density at radius 1 is 0.382 bits per heavy atom. The minimum absolute atomic E-state index is 0.110. The van der Waals surface area contributed by atoms with Crippen LogP contribution in [0.5, 0.6) is 0 Å². The Kier molecular flexibility index (Phi) is 7.62. The second-order valence-electron chi connectivity index (χ2n) is 15.4. The van der Waals surface area contributed by atoms with Gasteiger partial charge in [-0.3, -0.25) is 0 Å². The van der Waals surface area contributed by atoms with Gasteiger partial charge in [-0.1, -0.05) is 100 Å². The Labute approximate surface area is 326 Å². The van der Waals surface area contributed by atoms with Crippen molar-refractivity contribution in [2.24, 2.45) is 0 Å². The molecular weight excluding hydrogens is 691 g/mol. The summed E-state index contributed by atoms with van der Waals surface area (Å²) in [5.74, 6) is 1.95. The fourth-order valence-corrected chi connectivity index (χ4v) is 9.20. The lowest BCUT2D eigenvalue weighted by Gasteiger charge is -2.42. The Hall–Kier alpha value is -6.37. The predicted octanol–water partition coefficient (Wildman–Crippen LogP) is 13.2. The number of nitrogens with zero attached hydrogens (tertiary/aromatic N) is 5. The van der Waals surface area contributed by atoms with Crippen LogP contribution in [0.1, 0.15) is 49.9 Å². The number of hydrogen-bond donors (Lipinski definition) is 0. The molecule has 6 aromatic carbocycles. The van der Waals surface area contributed by atoms with Gasteiger partial charge in [0.1, 0.15) is 0 Å². The molecule has 4 heterocycles. The third-order valence-corrected chi connectivity index (χ3v) is 12.1. The lowest BCUT2D eigenvalue weighted by molar-refractivity contribution is 0.632. The smallest absolute Gasteiger partial charge is 0.164 e. The summed E-state index contributed by atoms with van der Waals surface area (Å²) in [6, 6.07) is 54.3. The van der Waals surface area contributed by atoms with E-state index in [-0.39, 0.29) is 10.8 Å². The molecule has 0 amide bonds. The lowest BCUT2D eigenvalue weighted by atomic mass is 9.73. The molecular formula is C49H39N5S. The molecule has 0 spiro atoms. The van der Waals surface area contributed by atoms with Crippen LogP contribution in [-0.4, -0.2) is 15.0 Å². The van der Waals surface area contributed by atoms with Gasteiger partial charge in [-0.2, -0.15) is 11.3 Å². The van der Waals surface area contributed by atoms with E-state index in [1.807, 2.05) is 0 Å². The van der Waals surface area contributed by atoms with Gasteiger partial charge in [0, 0.05) is 44.3 Å². The SMILES string of the molecule is CC1(C)c2ccccc2N(c2ccc(-c3nc(-c4ccc(N5c6ccccc6C(C)(C)c6ccccc65)cc4)nc(-c4ccsc4)n3)cc2)c2ccccc21. The summed E-state index contributed by atoms with van der Waals surface area (Å²) in [6.45, 7) is 9.26. The van der Waals surface area contributed by atoms with Crippen LogP contribution < -0.4 is 9.80 Å². The van der Waals surface area contributed by atoms with E-state index >= 15 is 0 Å². The van der Waals surface area contributed by atoms with Crippen LogP contribution in [0.15, 0.2) is 162 Å². The summed E-state index contributed by atoms with van der Waals surface area (Å²) in [4.78, 5) is 19.9. The van der Waals surface area contributed by atoms with Crippen molar-refractivity contribution >= 4 is 45.5 Å². The van der Waals surface area contributed by atoms with Crippen molar-refractivity contribution in [3.05, 3.63) is 185 Å². The van der Waals surface area contributed by atoms with Crippen molar-refractivity contribution in [1.29, 1.82) is 0 Å². The summed E-state index contributed by atoms with van der Waals surface area (Å²) in [6.07, 6.45) is 0. The molecule has 8 aromatic rings. The standard InChI is InChI=1S/C49H39N5S/c1-48(2)37-13-5-9-17-41(37)53(42-18-10-6-14-38(42)48)35-25-21-32(22-26-35)45-50-46(52-47(51-45)34-29-30-55-31-34)33-23-27-36(28-24-33)54-43-19-11-7-15-39(43)49(3,4)40-16-8-12-20-44(40)54/h5-31H,1-4H3. The Balaban J connectivity index is 1.03. The van der Waals surface area contributed by atoms with Gasteiger partial charge >= 0.3 is 0 Å². The third-order valence-electron chi connectivity index (χ3n) is 11.5. The highest BCUT2D eigenvalue weighted by Gasteiger charge is 2.37. The third kappa shape index (κ3) is 5.31. The minimum Gasteiger partial charge on any atom is -0.310 e. The molecule has 0 fully saturated rings. The first-order valence-electron chi connectivity index (χ1n) is 18.8. The van der Waals surface area contributed by atoms with E-state index < -0.39 is 0 Å². The molecule has 6 heteroatoms. The van der Waals surface area contributed by atoms with E-state index in [4.69, 9.17) is 15.0 Å². The molecule has 266 valence electrons. The van der Waals surface area contributed by atoms with E-state index in [0.29, 0.717) is 17.5 Å². The number of hydrogen-bond acceptors (Lipinski definition) is 6. The lowest BCUT2D eigenvalue weighted by Crippen LogP contribution is -2.30. The van der Waals surface area contributed by atoms with E-state index in [2.05, 4.69) is 200 Å². The quantitative estimate of drug-likeness (QED) is 0.176. The van der Waals surface area contributed by atoms with E-state index in [9.17, 15) is 0 Å². The fourth-order valence-electron chi connectivity index (χ4n) is 8.57. The molecule has 2 aliphatic rings. The summed E-state index contributed by atoms with van der Waals surface area (Å²) in [7, 11) is 0. The van der Waals surface area contributed by atoms with Gasteiger partial charge in [-0.25, -0.2) is 15.0 Å². The van der Waals surface area contributed by atoms with Crippen molar-refractivity contribution in [2.45, 2.75) is 38.5 Å². The second kappa shape index (κ2) is 12.6. The number of anilines is 6. The highest BCUT2D eigenvalue weighted by Crippen LogP contribution is 2.53. The van der Waals surface area contributed by atoms with E-state index in [0.717, 1.165) is 28.1 Å². The number of aromatic nitrogens is 3. The number of thiophene rings is 1. The molecule has 0 bridgehead atoms. The molecule has 2 aliphatic heterocycles. The highest BCUT2D eigenvalue weighted by atomic mass is 32.1. The number of fused-ring (bicyclic) bond motifs is 4. The first kappa shape index (κ1) is 33.2. The molecule has 0 atom stereocenters. The van der Waals surface area contributed by atoms with Gasteiger partial charge in [0.2, 0.25) is 0 Å². The Morgan fingerprint density at radius 3 is 1.04 bits per heavy atom. The van der Waals surface area contributed by atoms with Crippen molar-refractivity contribution < 1.29 is 0 Å². The van der Waals surface area contributed by atoms with Gasteiger partial charge < -0.3 is 9.80 Å². The maximum atomic E-state index is 5.10. The molecule has 55 heavy (non-hydrogen) atoms. The normalized spacial score (nSPS) is 14.8. The Bertz CT molecular complexity index is 2450. The van der Waals surface area contributed by atoms with Crippen LogP contribution in [-0.2, 0) is 10.8 Å². The van der Waals surface area contributed by atoms with Crippen LogP contribution in [0.25, 0.3) is 34.2 Å². The van der Waals surface area contributed by atoms with Crippen LogP contribution in [0.3, 0.4) is 0 Å². The van der Waals surface area contributed by atoms with Crippen LogP contribution in [0.2, 0.25) is 0 Å². The first-order valence-corrected chi connectivity index (χ1v) is 19.7. The van der Waals surface area contributed by atoms with Crippen molar-refractivity contribution in [1.82, 2.24) is 15.0 Å². The monoisotopic (exact) mass is 729 g/mol. The molecule has 0 radical (unpaired) electrons. The first-order chi connectivity index (χ1) is 26.8. The zero-order chi connectivity index (χ0) is 37.3. The van der Waals surface area contributed by atoms with Crippen molar-refractivity contribution in [3.63, 3.8) is 0 Å². The maximum Gasteiger partial charge on any atom is 0.164 e.